The Hall–Kier alpha value is 0.153. The van der Waals surface area contributed by atoms with Gasteiger partial charge in [-0.15, -0.1) is 0 Å². The predicted octanol–water partition coefficient (Wildman–Crippen LogP) is 7.54. The quantitative estimate of drug-likeness (QED) is 0.220. The third-order valence-electron chi connectivity index (χ3n) is 3.82. The summed E-state index contributed by atoms with van der Waals surface area (Å²) < 4.78 is 0. The molecule has 3 aromatic carbocycles. The maximum atomic E-state index is 4.85. The van der Waals surface area contributed by atoms with E-state index in [1.807, 2.05) is 0 Å². The van der Waals surface area contributed by atoms with E-state index in [1.165, 1.54) is 15.9 Å². The van der Waals surface area contributed by atoms with Gasteiger partial charge >= 0.3 is 34.5 Å². The van der Waals surface area contributed by atoms with Gasteiger partial charge in [-0.2, -0.15) is 0 Å². The fourth-order valence-corrected chi connectivity index (χ4v) is 4.48. The van der Waals surface area contributed by atoms with Crippen molar-refractivity contribution in [3.63, 3.8) is 0 Å². The molecular weight excluding hydrogens is 553 g/mol. The summed E-state index contributed by atoms with van der Waals surface area (Å²) in [6.45, 7) is 13.6. The van der Waals surface area contributed by atoms with E-state index < -0.39 is 0 Å². The Bertz CT molecular complexity index is 637. The third-order valence-corrected chi connectivity index (χ3v) is 7.81. The Morgan fingerprint density at radius 1 is 0.433 bits per heavy atom. The molecule has 0 saturated heterocycles. The molecule has 3 rings (SSSR count). The molecule has 0 radical (unpaired) electrons. The van der Waals surface area contributed by atoms with Crippen LogP contribution in [0.3, 0.4) is 0 Å². The van der Waals surface area contributed by atoms with Crippen LogP contribution in [0.5, 0.6) is 0 Å². The zero-order chi connectivity index (χ0) is 22.8. The molecule has 0 atom stereocenters. The summed E-state index contributed by atoms with van der Waals surface area (Å²) in [7, 11) is 10.0. The number of benzene rings is 3. The second kappa shape index (κ2) is 19.8. The Morgan fingerprint density at radius 2 is 0.600 bits per heavy atom. The van der Waals surface area contributed by atoms with Gasteiger partial charge in [0.25, 0.3) is 0 Å². The Labute approximate surface area is 204 Å². The van der Waals surface area contributed by atoms with Crippen LogP contribution in [-0.2, 0) is 15.1 Å². The Morgan fingerprint density at radius 3 is 0.700 bits per heavy atom. The Kier molecular flexibility index (Phi) is 19.9. The van der Waals surface area contributed by atoms with Crippen LogP contribution in [0.2, 0.25) is 0 Å². The molecule has 166 valence electrons. The standard InChI is InChI=1S/3C8H11P.2ClH.Ru/c3*1-9(2)8-6-4-3-5-7-8;;;/h3*3-7H,1-2H3;2*1H;/q;;;;;+2/p-2. The maximum absolute atomic E-state index is 4.85. The van der Waals surface area contributed by atoms with Gasteiger partial charge in [-0.1, -0.05) is 115 Å². The third kappa shape index (κ3) is 15.9. The molecule has 0 amide bonds. The summed E-state index contributed by atoms with van der Waals surface area (Å²) in [6, 6.07) is 31.9. The molecule has 0 aliphatic carbocycles. The van der Waals surface area contributed by atoms with Gasteiger partial charge in [-0.25, -0.2) is 0 Å². The second-order valence-corrected chi connectivity index (χ2v) is 16.3. The van der Waals surface area contributed by atoms with Gasteiger partial charge in [0, 0.05) is 0 Å². The van der Waals surface area contributed by atoms with E-state index in [0.717, 1.165) is 0 Å². The first-order chi connectivity index (χ1) is 14.3. The monoisotopic (exact) mass is 586 g/mol. The van der Waals surface area contributed by atoms with E-state index in [4.69, 9.17) is 19.4 Å². The SMILES string of the molecule is CP(C)c1ccccc1.CP(C)c1ccccc1.CP(C)c1ccccc1.[Cl][Ru][Cl]. The van der Waals surface area contributed by atoms with Crippen LogP contribution >= 0.6 is 43.1 Å². The van der Waals surface area contributed by atoms with Gasteiger partial charge in [0.15, 0.2) is 0 Å². The minimum absolute atomic E-state index is 0.104. The molecule has 0 aliphatic heterocycles. The van der Waals surface area contributed by atoms with Crippen LogP contribution in [0.15, 0.2) is 91.0 Å². The number of rotatable bonds is 3. The first-order valence-corrected chi connectivity index (χ1v) is 20.5. The van der Waals surface area contributed by atoms with Crippen molar-refractivity contribution in [2.75, 3.05) is 40.0 Å². The van der Waals surface area contributed by atoms with E-state index in [0.29, 0.717) is 0 Å². The summed E-state index contributed by atoms with van der Waals surface area (Å²) >= 11 is -0.346. The zero-order valence-corrected chi connectivity index (χ0v) is 24.5. The summed E-state index contributed by atoms with van der Waals surface area (Å²) in [5.41, 5.74) is 0. The van der Waals surface area contributed by atoms with E-state index >= 15 is 0 Å². The minimum atomic E-state index is -0.346. The van der Waals surface area contributed by atoms with Gasteiger partial charge in [0.05, 0.1) is 0 Å². The van der Waals surface area contributed by atoms with Gasteiger partial charge in [-0.05, 0) is 55.9 Å². The molecule has 6 heteroatoms. The van der Waals surface area contributed by atoms with Crippen molar-refractivity contribution in [2.24, 2.45) is 0 Å². The topological polar surface area (TPSA) is 0 Å². The molecule has 0 unspecified atom stereocenters. The normalized spacial score (nSPS) is 9.83. The van der Waals surface area contributed by atoms with E-state index in [9.17, 15) is 0 Å². The summed E-state index contributed by atoms with van der Waals surface area (Å²) in [5.74, 6) is 0. The summed E-state index contributed by atoms with van der Waals surface area (Å²) in [5, 5.41) is 4.44. The van der Waals surface area contributed by atoms with Crippen molar-refractivity contribution in [1.82, 2.24) is 0 Å². The Balaban J connectivity index is 0.000000394. The molecular formula is C24H33Cl2P3Ru. The van der Waals surface area contributed by atoms with Crippen LogP contribution in [0.4, 0.5) is 0 Å². The molecule has 3 aromatic rings. The average molecular weight is 586 g/mol. The predicted molar refractivity (Wildman–Crippen MR) is 146 cm³/mol. The van der Waals surface area contributed by atoms with Crippen LogP contribution in [0, 0.1) is 0 Å². The molecule has 0 spiro atoms. The molecule has 0 heterocycles. The first-order valence-electron chi connectivity index (χ1n) is 9.35. The van der Waals surface area contributed by atoms with Crippen molar-refractivity contribution < 1.29 is 15.1 Å². The van der Waals surface area contributed by atoms with Crippen molar-refractivity contribution in [2.45, 2.75) is 0 Å². The van der Waals surface area contributed by atoms with Crippen LogP contribution in [-0.4, -0.2) is 40.0 Å². The van der Waals surface area contributed by atoms with E-state index in [1.54, 1.807) is 0 Å². The fourth-order valence-electron chi connectivity index (χ4n) is 2.18. The van der Waals surface area contributed by atoms with Gasteiger partial charge in [0.1, 0.15) is 0 Å². The molecule has 0 nitrogen and oxygen atoms in total. The van der Waals surface area contributed by atoms with Crippen molar-refractivity contribution >= 4 is 59.1 Å². The number of halogens is 2. The second-order valence-electron chi connectivity index (χ2n) is 6.74. The molecule has 30 heavy (non-hydrogen) atoms. The van der Waals surface area contributed by atoms with Crippen molar-refractivity contribution in [3.05, 3.63) is 91.0 Å². The molecule has 0 N–H and O–H groups in total. The fraction of sp³-hybridized carbons (Fsp3) is 0.250. The van der Waals surface area contributed by atoms with Crippen LogP contribution in [0.1, 0.15) is 0 Å². The molecule has 0 aliphatic rings. The summed E-state index contributed by atoms with van der Waals surface area (Å²) in [4.78, 5) is 0. The molecule has 0 aromatic heterocycles. The average Bonchev–Trinajstić information content (AvgIpc) is 2.77. The number of hydrogen-bond acceptors (Lipinski definition) is 0. The first kappa shape index (κ1) is 30.2. The van der Waals surface area contributed by atoms with Gasteiger partial charge < -0.3 is 0 Å². The molecule has 0 bridgehead atoms. The van der Waals surface area contributed by atoms with Gasteiger partial charge in [-0.3, -0.25) is 0 Å². The molecule has 0 saturated carbocycles. The number of hydrogen-bond donors (Lipinski definition) is 0. The van der Waals surface area contributed by atoms with Crippen molar-refractivity contribution in [3.8, 4) is 0 Å². The molecule has 0 fully saturated rings. The van der Waals surface area contributed by atoms with Crippen LogP contribution in [0.25, 0.3) is 0 Å². The van der Waals surface area contributed by atoms with E-state index in [2.05, 4.69) is 131 Å². The summed E-state index contributed by atoms with van der Waals surface area (Å²) in [6.07, 6.45) is 0. The van der Waals surface area contributed by atoms with Crippen molar-refractivity contribution in [1.29, 1.82) is 0 Å². The van der Waals surface area contributed by atoms with Gasteiger partial charge in [0.2, 0.25) is 0 Å². The van der Waals surface area contributed by atoms with E-state index in [-0.39, 0.29) is 38.9 Å². The zero-order valence-electron chi connectivity index (χ0n) is 18.6. The van der Waals surface area contributed by atoms with Crippen LogP contribution < -0.4 is 15.9 Å².